The molecule has 0 spiro atoms. The number of rotatable bonds is 0. The molecule has 0 aromatic carbocycles. The van der Waals surface area contributed by atoms with Crippen LogP contribution in [-0.4, -0.2) is 36.7 Å². The molecule has 0 aromatic rings. The molecule has 1 amide bonds. The van der Waals surface area contributed by atoms with Gasteiger partial charge in [-0.1, -0.05) is 0 Å². The molecule has 10 heavy (non-hydrogen) atoms. The number of hydrogen-bond donors (Lipinski definition) is 1. The molecule has 1 atom stereocenters. The minimum absolute atomic E-state index is 0.0727. The first-order chi connectivity index (χ1) is 4.86. The fourth-order valence-electron chi connectivity index (χ4n) is 1.15. The summed E-state index contributed by atoms with van der Waals surface area (Å²) in [6, 6.07) is 0. The second-order valence-corrected chi connectivity index (χ2v) is 2.43. The van der Waals surface area contributed by atoms with E-state index in [9.17, 15) is 4.79 Å². The first-order valence-corrected chi connectivity index (χ1v) is 3.23. The predicted molar refractivity (Wildman–Crippen MR) is 33.2 cm³/mol. The van der Waals surface area contributed by atoms with E-state index < -0.39 is 0 Å². The van der Waals surface area contributed by atoms with Gasteiger partial charge in [0.15, 0.2) is 0 Å². The zero-order valence-corrected chi connectivity index (χ0v) is 5.45. The lowest BCUT2D eigenvalue weighted by Gasteiger charge is -2.25. The molecule has 1 N–H and O–H groups in total. The summed E-state index contributed by atoms with van der Waals surface area (Å²) in [7, 11) is 0. The van der Waals surface area contributed by atoms with E-state index in [0.29, 0.717) is 19.8 Å². The summed E-state index contributed by atoms with van der Waals surface area (Å²) >= 11 is 0. The van der Waals surface area contributed by atoms with Crippen LogP contribution in [-0.2, 0) is 4.79 Å². The highest BCUT2D eigenvalue weighted by molar-refractivity contribution is 5.78. The minimum Gasteiger partial charge on any atom is -0.351 e. The molecule has 2 heterocycles. The normalized spacial score (nSPS) is 32.0. The van der Waals surface area contributed by atoms with Gasteiger partial charge in [-0.3, -0.25) is 4.79 Å². The molecule has 0 aliphatic carbocycles. The highest BCUT2D eigenvalue weighted by Gasteiger charge is 2.28. The second-order valence-electron chi connectivity index (χ2n) is 2.43. The quantitative estimate of drug-likeness (QED) is 0.477. The molecule has 2 rings (SSSR count). The lowest BCUT2D eigenvalue weighted by atomic mass is 10.3. The zero-order chi connectivity index (χ0) is 6.97. The largest absolute Gasteiger partial charge is 0.351 e. The van der Waals surface area contributed by atoms with Crippen LogP contribution in [0.5, 0.6) is 0 Å². The summed E-state index contributed by atoms with van der Waals surface area (Å²) in [5.74, 6) is 0.0727. The number of fused-ring (bicyclic) bond motifs is 1. The number of nitrogens with zero attached hydrogens (tertiary/aromatic N) is 3. The van der Waals surface area contributed by atoms with Crippen LogP contribution < -0.4 is 5.32 Å². The molecule has 0 aromatic heterocycles. The van der Waals surface area contributed by atoms with Crippen LogP contribution in [0.1, 0.15) is 0 Å². The highest BCUT2D eigenvalue weighted by atomic mass is 16.2. The van der Waals surface area contributed by atoms with Gasteiger partial charge in [-0.25, -0.2) is 4.90 Å². The van der Waals surface area contributed by atoms with E-state index in [-0.39, 0.29) is 12.1 Å². The van der Waals surface area contributed by atoms with E-state index in [4.69, 9.17) is 0 Å². The minimum atomic E-state index is 0.0727. The average Bonchev–Trinajstić information content (AvgIpc) is 2.33. The van der Waals surface area contributed by atoms with Crippen molar-refractivity contribution in [1.29, 1.82) is 0 Å². The molecule has 5 heteroatoms. The average molecular weight is 140 g/mol. The number of carbonyl (C=O) groups excluding carboxylic acids is 1. The molecule has 0 radical (unpaired) electrons. The van der Waals surface area contributed by atoms with Crippen LogP contribution >= 0.6 is 0 Å². The smallest absolute Gasteiger partial charge is 0.234 e. The first-order valence-electron chi connectivity index (χ1n) is 3.23. The number of carbonyl (C=O) groups is 1. The molecule has 1 fully saturated rings. The van der Waals surface area contributed by atoms with E-state index in [1.54, 1.807) is 0 Å². The molecule has 0 bridgehead atoms. The van der Waals surface area contributed by atoms with Gasteiger partial charge in [0.2, 0.25) is 5.91 Å². The van der Waals surface area contributed by atoms with Crippen molar-refractivity contribution in [2.45, 2.75) is 6.17 Å². The van der Waals surface area contributed by atoms with Crippen LogP contribution in [0.25, 0.3) is 0 Å². The molecular formula is C5H8N4O. The molecule has 1 unspecified atom stereocenters. The third-order valence-electron chi connectivity index (χ3n) is 1.71. The van der Waals surface area contributed by atoms with Crippen LogP contribution in [0.15, 0.2) is 10.2 Å². The van der Waals surface area contributed by atoms with Gasteiger partial charge in [0.25, 0.3) is 0 Å². The maximum absolute atomic E-state index is 10.8. The van der Waals surface area contributed by atoms with Crippen molar-refractivity contribution in [2.24, 2.45) is 10.2 Å². The Bertz CT molecular complexity index is 190. The SMILES string of the molecule is O=C1CN2CN=NC2CN1. The summed E-state index contributed by atoms with van der Waals surface area (Å²) in [6.45, 7) is 1.64. The Morgan fingerprint density at radius 2 is 2.60 bits per heavy atom. The first kappa shape index (κ1) is 5.79. The Morgan fingerprint density at radius 3 is 3.50 bits per heavy atom. The lowest BCUT2D eigenvalue weighted by Crippen LogP contribution is -2.51. The topological polar surface area (TPSA) is 57.1 Å². The van der Waals surface area contributed by atoms with E-state index in [1.807, 2.05) is 4.90 Å². The van der Waals surface area contributed by atoms with Gasteiger partial charge < -0.3 is 5.32 Å². The fraction of sp³-hybridized carbons (Fsp3) is 0.800. The Hall–Kier alpha value is -0.970. The maximum atomic E-state index is 10.8. The highest BCUT2D eigenvalue weighted by Crippen LogP contribution is 2.11. The van der Waals surface area contributed by atoms with Gasteiger partial charge in [0.05, 0.1) is 13.1 Å². The van der Waals surface area contributed by atoms with Crippen molar-refractivity contribution in [3.05, 3.63) is 0 Å². The van der Waals surface area contributed by atoms with Crippen molar-refractivity contribution in [1.82, 2.24) is 10.2 Å². The second kappa shape index (κ2) is 2.02. The zero-order valence-electron chi connectivity index (χ0n) is 5.45. The van der Waals surface area contributed by atoms with E-state index in [2.05, 4.69) is 15.5 Å². The Kier molecular flexibility index (Phi) is 1.17. The Morgan fingerprint density at radius 1 is 1.70 bits per heavy atom. The Balaban J connectivity index is 2.07. The van der Waals surface area contributed by atoms with Gasteiger partial charge in [-0.15, -0.1) is 0 Å². The van der Waals surface area contributed by atoms with Gasteiger partial charge in [-0.2, -0.15) is 10.2 Å². The maximum Gasteiger partial charge on any atom is 0.234 e. The summed E-state index contributed by atoms with van der Waals surface area (Å²) in [6.07, 6.45) is 0.109. The van der Waals surface area contributed by atoms with E-state index >= 15 is 0 Å². The molecule has 2 aliphatic rings. The lowest BCUT2D eigenvalue weighted by molar-refractivity contribution is -0.124. The van der Waals surface area contributed by atoms with Crippen molar-refractivity contribution in [2.75, 3.05) is 19.8 Å². The van der Waals surface area contributed by atoms with Gasteiger partial charge in [0.1, 0.15) is 12.8 Å². The molecule has 2 aliphatic heterocycles. The standard InChI is InChI=1S/C5H8N4O/c10-5-2-9-3-7-8-4(9)1-6-5/h4H,1-3H2,(H,6,10). The van der Waals surface area contributed by atoms with Crippen molar-refractivity contribution in [3.63, 3.8) is 0 Å². The summed E-state index contributed by atoms with van der Waals surface area (Å²) in [5.41, 5.74) is 0. The third-order valence-corrected chi connectivity index (χ3v) is 1.71. The number of hydrogen-bond acceptors (Lipinski definition) is 4. The monoisotopic (exact) mass is 140 g/mol. The number of azo groups is 1. The number of nitrogens with one attached hydrogen (secondary N) is 1. The third kappa shape index (κ3) is 0.786. The van der Waals surface area contributed by atoms with Crippen molar-refractivity contribution in [3.8, 4) is 0 Å². The summed E-state index contributed by atoms with van der Waals surface area (Å²) < 4.78 is 0. The summed E-state index contributed by atoms with van der Waals surface area (Å²) in [5, 5.41) is 10.5. The van der Waals surface area contributed by atoms with Crippen molar-refractivity contribution >= 4 is 5.91 Å². The van der Waals surface area contributed by atoms with Crippen molar-refractivity contribution < 1.29 is 4.79 Å². The number of amides is 1. The Labute approximate surface area is 58.1 Å². The van der Waals surface area contributed by atoms with Gasteiger partial charge in [0, 0.05) is 0 Å². The van der Waals surface area contributed by atoms with Crippen LogP contribution in [0.4, 0.5) is 0 Å². The molecular weight excluding hydrogens is 132 g/mol. The number of piperazine rings is 1. The van der Waals surface area contributed by atoms with Crippen LogP contribution in [0.2, 0.25) is 0 Å². The molecule has 54 valence electrons. The van der Waals surface area contributed by atoms with Gasteiger partial charge in [-0.05, 0) is 0 Å². The molecule has 5 nitrogen and oxygen atoms in total. The van der Waals surface area contributed by atoms with Crippen LogP contribution in [0, 0.1) is 0 Å². The van der Waals surface area contributed by atoms with E-state index in [1.165, 1.54) is 0 Å². The van der Waals surface area contributed by atoms with Crippen LogP contribution in [0.3, 0.4) is 0 Å². The molecule has 0 saturated carbocycles. The van der Waals surface area contributed by atoms with E-state index in [0.717, 1.165) is 0 Å². The molecule has 1 saturated heterocycles. The van der Waals surface area contributed by atoms with Gasteiger partial charge >= 0.3 is 0 Å². The predicted octanol–water partition coefficient (Wildman–Crippen LogP) is -0.832. The fourth-order valence-corrected chi connectivity index (χ4v) is 1.15. The summed E-state index contributed by atoms with van der Waals surface area (Å²) in [4.78, 5) is 12.7.